The number of anilines is 1. The van der Waals surface area contributed by atoms with Crippen LogP contribution >= 0.6 is 11.3 Å². The van der Waals surface area contributed by atoms with Gasteiger partial charge in [-0.05, 0) is 30.7 Å². The van der Waals surface area contributed by atoms with Crippen LogP contribution in [0.4, 0.5) is 14.5 Å². The first-order valence-electron chi connectivity index (χ1n) is 6.71. The standard InChI is InChI=1S/C16H14F2N2S/c1-2-14(11-5-6-19-8-13(11)18)20-15-9-21-16-7-10(17)3-4-12(15)16/h3-9,14,20H,2H2,1H3. The van der Waals surface area contributed by atoms with Crippen molar-refractivity contribution < 1.29 is 8.78 Å². The molecule has 2 heterocycles. The van der Waals surface area contributed by atoms with Crippen molar-refractivity contribution in [3.63, 3.8) is 0 Å². The Kier molecular flexibility index (Phi) is 3.84. The Bertz CT molecular complexity index is 770. The molecule has 0 bridgehead atoms. The fourth-order valence-electron chi connectivity index (χ4n) is 2.37. The second-order valence-corrected chi connectivity index (χ2v) is 5.70. The molecule has 1 N–H and O–H groups in total. The third kappa shape index (κ3) is 2.74. The molecule has 2 aromatic heterocycles. The molecule has 108 valence electrons. The lowest BCUT2D eigenvalue weighted by Crippen LogP contribution is -2.11. The number of nitrogens with zero attached hydrogens (tertiary/aromatic N) is 1. The molecule has 1 aromatic carbocycles. The predicted octanol–water partition coefficient (Wildman–Crippen LogP) is 5.14. The molecular formula is C16H14F2N2S. The average Bonchev–Trinajstić information content (AvgIpc) is 2.87. The minimum Gasteiger partial charge on any atom is -0.377 e. The second kappa shape index (κ2) is 5.77. The van der Waals surface area contributed by atoms with Crippen LogP contribution in [-0.4, -0.2) is 4.98 Å². The molecule has 0 aliphatic heterocycles. The van der Waals surface area contributed by atoms with Gasteiger partial charge in [0.25, 0.3) is 0 Å². The van der Waals surface area contributed by atoms with Gasteiger partial charge >= 0.3 is 0 Å². The molecule has 0 spiro atoms. The van der Waals surface area contributed by atoms with E-state index in [2.05, 4.69) is 10.3 Å². The quantitative estimate of drug-likeness (QED) is 0.722. The van der Waals surface area contributed by atoms with Crippen LogP contribution in [0.1, 0.15) is 24.9 Å². The molecule has 21 heavy (non-hydrogen) atoms. The Hall–Kier alpha value is -2.01. The number of pyridine rings is 1. The van der Waals surface area contributed by atoms with E-state index in [0.29, 0.717) is 5.56 Å². The molecule has 0 amide bonds. The highest BCUT2D eigenvalue weighted by molar-refractivity contribution is 7.17. The van der Waals surface area contributed by atoms with Gasteiger partial charge in [0.2, 0.25) is 0 Å². The molecular weight excluding hydrogens is 290 g/mol. The maximum atomic E-state index is 13.9. The predicted molar refractivity (Wildman–Crippen MR) is 82.6 cm³/mol. The normalized spacial score (nSPS) is 12.5. The van der Waals surface area contributed by atoms with Crippen LogP contribution in [0.5, 0.6) is 0 Å². The third-order valence-corrected chi connectivity index (χ3v) is 4.40. The van der Waals surface area contributed by atoms with E-state index in [9.17, 15) is 8.78 Å². The lowest BCUT2D eigenvalue weighted by molar-refractivity contribution is 0.581. The summed E-state index contributed by atoms with van der Waals surface area (Å²) in [5, 5.41) is 6.24. The highest BCUT2D eigenvalue weighted by Crippen LogP contribution is 2.34. The number of nitrogens with one attached hydrogen (secondary N) is 1. The second-order valence-electron chi connectivity index (χ2n) is 4.79. The number of aromatic nitrogens is 1. The van der Waals surface area contributed by atoms with Crippen LogP contribution in [0.2, 0.25) is 0 Å². The zero-order chi connectivity index (χ0) is 14.8. The molecule has 0 aliphatic carbocycles. The first-order valence-corrected chi connectivity index (χ1v) is 7.59. The zero-order valence-electron chi connectivity index (χ0n) is 11.4. The Morgan fingerprint density at radius 2 is 2.14 bits per heavy atom. The third-order valence-electron chi connectivity index (χ3n) is 3.45. The van der Waals surface area contributed by atoms with Crippen LogP contribution < -0.4 is 5.32 Å². The first-order chi connectivity index (χ1) is 10.2. The van der Waals surface area contributed by atoms with Gasteiger partial charge in [0.15, 0.2) is 0 Å². The summed E-state index contributed by atoms with van der Waals surface area (Å²) < 4.78 is 28.0. The van der Waals surface area contributed by atoms with E-state index in [4.69, 9.17) is 0 Å². The van der Waals surface area contributed by atoms with Crippen LogP contribution in [0.3, 0.4) is 0 Å². The fourth-order valence-corrected chi connectivity index (χ4v) is 3.30. The molecule has 0 aliphatic rings. The average molecular weight is 304 g/mol. The van der Waals surface area contributed by atoms with Crippen molar-refractivity contribution in [1.29, 1.82) is 0 Å². The summed E-state index contributed by atoms with van der Waals surface area (Å²) in [7, 11) is 0. The van der Waals surface area contributed by atoms with E-state index < -0.39 is 0 Å². The van der Waals surface area contributed by atoms with E-state index in [0.717, 1.165) is 22.2 Å². The summed E-state index contributed by atoms with van der Waals surface area (Å²) in [6.45, 7) is 1.99. The first kappa shape index (κ1) is 13.9. The molecule has 0 saturated carbocycles. The summed E-state index contributed by atoms with van der Waals surface area (Å²) in [5.74, 6) is -0.564. The smallest absolute Gasteiger partial charge is 0.146 e. The monoisotopic (exact) mass is 304 g/mol. The van der Waals surface area contributed by atoms with Gasteiger partial charge in [0.05, 0.1) is 17.9 Å². The molecule has 5 heteroatoms. The van der Waals surface area contributed by atoms with E-state index in [1.54, 1.807) is 18.3 Å². The van der Waals surface area contributed by atoms with E-state index >= 15 is 0 Å². The van der Waals surface area contributed by atoms with Crippen molar-refractivity contribution in [2.24, 2.45) is 0 Å². The van der Waals surface area contributed by atoms with Crippen molar-refractivity contribution in [3.05, 3.63) is 59.2 Å². The highest BCUT2D eigenvalue weighted by Gasteiger charge is 2.15. The summed E-state index contributed by atoms with van der Waals surface area (Å²) in [5.41, 5.74) is 1.49. The Morgan fingerprint density at radius 1 is 1.29 bits per heavy atom. The number of hydrogen-bond acceptors (Lipinski definition) is 3. The number of benzene rings is 1. The van der Waals surface area contributed by atoms with E-state index in [-0.39, 0.29) is 17.7 Å². The van der Waals surface area contributed by atoms with Gasteiger partial charge in [0, 0.05) is 27.2 Å². The number of rotatable bonds is 4. The number of hydrogen-bond donors (Lipinski definition) is 1. The number of thiophene rings is 1. The van der Waals surface area contributed by atoms with Crippen LogP contribution in [0, 0.1) is 11.6 Å². The minimum atomic E-state index is -0.317. The lowest BCUT2D eigenvalue weighted by Gasteiger charge is -2.18. The maximum Gasteiger partial charge on any atom is 0.146 e. The van der Waals surface area contributed by atoms with Gasteiger partial charge in [-0.25, -0.2) is 8.78 Å². The number of fused-ring (bicyclic) bond motifs is 1. The maximum absolute atomic E-state index is 13.9. The Labute approximate surface area is 125 Å². The topological polar surface area (TPSA) is 24.9 Å². The summed E-state index contributed by atoms with van der Waals surface area (Å²) in [6, 6.07) is 6.24. The van der Waals surface area contributed by atoms with Gasteiger partial charge < -0.3 is 5.32 Å². The van der Waals surface area contributed by atoms with Crippen molar-refractivity contribution in [2.45, 2.75) is 19.4 Å². The molecule has 0 fully saturated rings. The molecule has 0 radical (unpaired) electrons. The zero-order valence-corrected chi connectivity index (χ0v) is 12.3. The summed E-state index contributed by atoms with van der Waals surface area (Å²) in [6.07, 6.45) is 3.55. The molecule has 1 unspecified atom stereocenters. The molecule has 3 rings (SSSR count). The lowest BCUT2D eigenvalue weighted by atomic mass is 10.0. The van der Waals surface area contributed by atoms with Gasteiger partial charge in [-0.1, -0.05) is 6.92 Å². The van der Waals surface area contributed by atoms with Crippen molar-refractivity contribution >= 4 is 27.1 Å². The Morgan fingerprint density at radius 3 is 2.90 bits per heavy atom. The number of halogens is 2. The SMILES string of the molecule is CCC(Nc1csc2cc(F)ccc12)c1ccncc1F. The van der Waals surface area contributed by atoms with Crippen LogP contribution in [0.15, 0.2) is 42.0 Å². The van der Waals surface area contributed by atoms with Crippen molar-refractivity contribution in [2.75, 3.05) is 5.32 Å². The summed E-state index contributed by atoms with van der Waals surface area (Å²) in [4.78, 5) is 3.78. The highest BCUT2D eigenvalue weighted by atomic mass is 32.1. The molecule has 3 aromatic rings. The molecule has 1 atom stereocenters. The molecule has 2 nitrogen and oxygen atoms in total. The van der Waals surface area contributed by atoms with Gasteiger partial charge in [-0.3, -0.25) is 4.98 Å². The Balaban J connectivity index is 1.95. The van der Waals surface area contributed by atoms with Gasteiger partial charge in [-0.15, -0.1) is 11.3 Å². The van der Waals surface area contributed by atoms with Crippen LogP contribution in [-0.2, 0) is 0 Å². The summed E-state index contributed by atoms with van der Waals surface area (Å²) >= 11 is 1.47. The molecule has 0 saturated heterocycles. The fraction of sp³-hybridized carbons (Fsp3) is 0.188. The van der Waals surface area contributed by atoms with Gasteiger partial charge in [0.1, 0.15) is 11.6 Å². The van der Waals surface area contributed by atoms with Gasteiger partial charge in [-0.2, -0.15) is 0 Å². The minimum absolute atomic E-state index is 0.143. The van der Waals surface area contributed by atoms with E-state index in [1.807, 2.05) is 12.3 Å². The van der Waals surface area contributed by atoms with E-state index in [1.165, 1.54) is 29.7 Å². The largest absolute Gasteiger partial charge is 0.377 e. The van der Waals surface area contributed by atoms with Crippen molar-refractivity contribution in [3.8, 4) is 0 Å². The van der Waals surface area contributed by atoms with Crippen molar-refractivity contribution in [1.82, 2.24) is 4.98 Å². The van der Waals surface area contributed by atoms with Crippen LogP contribution in [0.25, 0.3) is 10.1 Å².